The lowest BCUT2D eigenvalue weighted by Crippen LogP contribution is -2.32. The molecule has 5 heteroatoms. The van der Waals surface area contributed by atoms with Crippen molar-refractivity contribution in [3.8, 4) is 0 Å². The molecule has 0 aromatic heterocycles. The van der Waals surface area contributed by atoms with Crippen LogP contribution in [0.25, 0.3) is 0 Å². The van der Waals surface area contributed by atoms with E-state index in [-0.39, 0.29) is 17.9 Å². The molecule has 19 heavy (non-hydrogen) atoms. The van der Waals surface area contributed by atoms with Crippen LogP contribution >= 0.6 is 0 Å². The largest absolute Gasteiger partial charge is 0.381 e. The third kappa shape index (κ3) is 3.48. The Labute approximate surface area is 115 Å². The molecule has 0 radical (unpaired) electrons. The molecule has 0 aliphatic carbocycles. The average Bonchev–Trinajstić information content (AvgIpc) is 2.39. The van der Waals surface area contributed by atoms with Crippen LogP contribution in [0.5, 0.6) is 0 Å². The smallest absolute Gasteiger partial charge is 0.180 e. The first-order valence-electron chi connectivity index (χ1n) is 6.73. The van der Waals surface area contributed by atoms with Crippen LogP contribution in [0.4, 0.5) is 5.69 Å². The number of sulfone groups is 1. The van der Waals surface area contributed by atoms with Gasteiger partial charge in [0.15, 0.2) is 9.84 Å². The standard InChI is InChI=1S/C14H21NO3S/c1-3-19(16,17)14-7-5-4-6-13(14)15-12-8-9-18-11(2)10-12/h4-7,11-12,15H,3,8-10H2,1-2H3. The van der Waals surface area contributed by atoms with Crippen LogP contribution in [-0.2, 0) is 14.6 Å². The second-order valence-electron chi connectivity index (χ2n) is 4.95. The molecular formula is C14H21NO3S. The summed E-state index contributed by atoms with van der Waals surface area (Å²) in [5, 5.41) is 3.36. The van der Waals surface area contributed by atoms with Gasteiger partial charge in [0.25, 0.3) is 0 Å². The van der Waals surface area contributed by atoms with Gasteiger partial charge in [-0.3, -0.25) is 0 Å². The van der Waals surface area contributed by atoms with Crippen molar-refractivity contribution in [2.24, 2.45) is 0 Å². The highest BCUT2D eigenvalue weighted by atomic mass is 32.2. The highest BCUT2D eigenvalue weighted by Gasteiger charge is 2.22. The van der Waals surface area contributed by atoms with E-state index in [1.807, 2.05) is 19.1 Å². The number of ether oxygens (including phenoxy) is 1. The zero-order valence-corrected chi connectivity index (χ0v) is 12.2. The maximum Gasteiger partial charge on any atom is 0.180 e. The minimum atomic E-state index is -3.19. The fourth-order valence-electron chi connectivity index (χ4n) is 2.36. The van der Waals surface area contributed by atoms with Gasteiger partial charge in [0, 0.05) is 12.6 Å². The highest BCUT2D eigenvalue weighted by molar-refractivity contribution is 7.91. The Morgan fingerprint density at radius 2 is 2.11 bits per heavy atom. The van der Waals surface area contributed by atoms with Gasteiger partial charge in [-0.15, -0.1) is 0 Å². The molecule has 2 unspecified atom stereocenters. The van der Waals surface area contributed by atoms with Crippen molar-refractivity contribution in [1.29, 1.82) is 0 Å². The zero-order chi connectivity index (χ0) is 13.9. The van der Waals surface area contributed by atoms with Crippen LogP contribution in [0.2, 0.25) is 0 Å². The summed E-state index contributed by atoms with van der Waals surface area (Å²) in [5.74, 6) is 0.121. The summed E-state index contributed by atoms with van der Waals surface area (Å²) in [5.41, 5.74) is 0.712. The maximum absolute atomic E-state index is 12.1. The van der Waals surface area contributed by atoms with Crippen LogP contribution in [0.15, 0.2) is 29.2 Å². The Balaban J connectivity index is 2.21. The van der Waals surface area contributed by atoms with Crippen LogP contribution < -0.4 is 5.32 Å². The van der Waals surface area contributed by atoms with Crippen molar-refractivity contribution in [1.82, 2.24) is 0 Å². The van der Waals surface area contributed by atoms with Crippen LogP contribution in [0.1, 0.15) is 26.7 Å². The normalized spacial score (nSPS) is 24.1. The fraction of sp³-hybridized carbons (Fsp3) is 0.571. The molecule has 2 atom stereocenters. The zero-order valence-electron chi connectivity index (χ0n) is 11.4. The van der Waals surface area contributed by atoms with Gasteiger partial charge in [0.05, 0.1) is 22.4 Å². The van der Waals surface area contributed by atoms with Gasteiger partial charge in [0.1, 0.15) is 0 Å². The Hall–Kier alpha value is -1.07. The van der Waals surface area contributed by atoms with E-state index in [4.69, 9.17) is 4.74 Å². The molecule has 1 saturated heterocycles. The number of para-hydroxylation sites is 1. The average molecular weight is 283 g/mol. The van der Waals surface area contributed by atoms with Gasteiger partial charge in [-0.2, -0.15) is 0 Å². The lowest BCUT2D eigenvalue weighted by molar-refractivity contribution is 0.0232. The summed E-state index contributed by atoms with van der Waals surface area (Å²) in [6, 6.07) is 7.41. The third-order valence-electron chi connectivity index (χ3n) is 3.45. The summed E-state index contributed by atoms with van der Waals surface area (Å²) >= 11 is 0. The lowest BCUT2D eigenvalue weighted by Gasteiger charge is -2.29. The second-order valence-corrected chi connectivity index (χ2v) is 7.19. The van der Waals surface area contributed by atoms with E-state index in [9.17, 15) is 8.42 Å². The van der Waals surface area contributed by atoms with Gasteiger partial charge < -0.3 is 10.1 Å². The van der Waals surface area contributed by atoms with Crippen molar-refractivity contribution < 1.29 is 13.2 Å². The predicted molar refractivity (Wildman–Crippen MR) is 76.2 cm³/mol. The molecule has 106 valence electrons. The summed E-state index contributed by atoms with van der Waals surface area (Å²) in [6.45, 7) is 4.44. The highest BCUT2D eigenvalue weighted by Crippen LogP contribution is 2.25. The van der Waals surface area contributed by atoms with E-state index >= 15 is 0 Å². The second kappa shape index (κ2) is 5.92. The minimum absolute atomic E-state index is 0.121. The number of hydrogen-bond donors (Lipinski definition) is 1. The van der Waals surface area contributed by atoms with Crippen molar-refractivity contribution >= 4 is 15.5 Å². The van der Waals surface area contributed by atoms with Crippen LogP contribution in [-0.4, -0.2) is 32.9 Å². The van der Waals surface area contributed by atoms with E-state index in [1.54, 1.807) is 19.1 Å². The maximum atomic E-state index is 12.1. The number of rotatable bonds is 4. The molecule has 0 bridgehead atoms. The summed E-state index contributed by atoms with van der Waals surface area (Å²) < 4.78 is 29.6. The number of hydrogen-bond acceptors (Lipinski definition) is 4. The van der Waals surface area contributed by atoms with E-state index in [0.717, 1.165) is 19.4 Å². The third-order valence-corrected chi connectivity index (χ3v) is 5.23. The molecule has 1 fully saturated rings. The summed E-state index contributed by atoms with van der Waals surface area (Å²) in [7, 11) is -3.19. The molecule has 4 nitrogen and oxygen atoms in total. The van der Waals surface area contributed by atoms with E-state index < -0.39 is 9.84 Å². The summed E-state index contributed by atoms with van der Waals surface area (Å²) in [4.78, 5) is 0.400. The van der Waals surface area contributed by atoms with E-state index in [0.29, 0.717) is 10.6 Å². The molecule has 1 aromatic rings. The monoisotopic (exact) mass is 283 g/mol. The van der Waals surface area contributed by atoms with Crippen molar-refractivity contribution in [2.45, 2.75) is 43.7 Å². The molecule has 1 aliphatic rings. The first-order chi connectivity index (χ1) is 9.03. The molecule has 1 N–H and O–H groups in total. The molecule has 1 heterocycles. The van der Waals surface area contributed by atoms with Gasteiger partial charge in [-0.1, -0.05) is 19.1 Å². The van der Waals surface area contributed by atoms with Crippen LogP contribution in [0, 0.1) is 0 Å². The lowest BCUT2D eigenvalue weighted by atomic mass is 10.0. The Morgan fingerprint density at radius 3 is 2.79 bits per heavy atom. The number of nitrogens with one attached hydrogen (secondary N) is 1. The quantitative estimate of drug-likeness (QED) is 0.922. The van der Waals surface area contributed by atoms with Gasteiger partial charge in [-0.05, 0) is 31.9 Å². The van der Waals surface area contributed by atoms with Crippen LogP contribution in [0.3, 0.4) is 0 Å². The SMILES string of the molecule is CCS(=O)(=O)c1ccccc1NC1CCOC(C)C1. The molecule has 1 aliphatic heterocycles. The molecule has 2 rings (SSSR count). The van der Waals surface area contributed by atoms with Crippen molar-refractivity contribution in [3.63, 3.8) is 0 Å². The Kier molecular flexibility index (Phi) is 4.47. The number of benzene rings is 1. The van der Waals surface area contributed by atoms with Crippen molar-refractivity contribution in [2.75, 3.05) is 17.7 Å². The first-order valence-corrected chi connectivity index (χ1v) is 8.38. The molecule has 0 amide bonds. The molecular weight excluding hydrogens is 262 g/mol. The van der Waals surface area contributed by atoms with E-state index in [2.05, 4.69) is 5.32 Å². The molecule has 0 spiro atoms. The first kappa shape index (κ1) is 14.3. The van der Waals surface area contributed by atoms with Gasteiger partial charge in [-0.25, -0.2) is 8.42 Å². The predicted octanol–water partition coefficient (Wildman–Crippen LogP) is 2.46. The molecule has 0 saturated carbocycles. The topological polar surface area (TPSA) is 55.4 Å². The van der Waals surface area contributed by atoms with Gasteiger partial charge >= 0.3 is 0 Å². The van der Waals surface area contributed by atoms with Gasteiger partial charge in [0.2, 0.25) is 0 Å². The molecule has 1 aromatic carbocycles. The summed E-state index contributed by atoms with van der Waals surface area (Å²) in [6.07, 6.45) is 2.03. The minimum Gasteiger partial charge on any atom is -0.381 e. The Bertz CT molecular complexity index is 527. The fourth-order valence-corrected chi connectivity index (χ4v) is 3.42. The van der Waals surface area contributed by atoms with E-state index in [1.165, 1.54) is 0 Å². The number of anilines is 1. The van der Waals surface area contributed by atoms with Crippen molar-refractivity contribution in [3.05, 3.63) is 24.3 Å². The Morgan fingerprint density at radius 1 is 1.37 bits per heavy atom.